The first-order valence-corrected chi connectivity index (χ1v) is 5.19. The Morgan fingerprint density at radius 3 is 2.17 bits per heavy atom. The average Bonchev–Trinajstić information content (AvgIpc) is 2.97. The molecule has 0 aliphatic heterocycles. The summed E-state index contributed by atoms with van der Waals surface area (Å²) in [4.78, 5) is 8.36. The number of carboxylic acid groups (broad SMARTS) is 1. The highest BCUT2D eigenvalue weighted by Gasteiger charge is 2.41. The Kier molecular flexibility index (Phi) is 3.98. The number of hydrogen-bond donors (Lipinski definition) is 1. The third kappa shape index (κ3) is 3.21. The molecule has 100 valence electrons. The molecule has 0 heterocycles. The summed E-state index contributed by atoms with van der Waals surface area (Å²) >= 11 is 0. The summed E-state index contributed by atoms with van der Waals surface area (Å²) in [6.07, 6.45) is -2.78. The van der Waals surface area contributed by atoms with Gasteiger partial charge in [-0.25, -0.2) is 4.39 Å². The van der Waals surface area contributed by atoms with E-state index in [0.717, 1.165) is 25.0 Å². The van der Waals surface area contributed by atoms with Crippen LogP contribution < -0.4 is 0 Å². The van der Waals surface area contributed by atoms with E-state index in [1.165, 1.54) is 6.07 Å². The molecule has 18 heavy (non-hydrogen) atoms. The van der Waals surface area contributed by atoms with Gasteiger partial charge in [-0.1, -0.05) is 13.0 Å². The molecular formula is C12H12F4O2. The van der Waals surface area contributed by atoms with Crippen LogP contribution in [0, 0.1) is 5.82 Å². The molecule has 1 aliphatic carbocycles. The van der Waals surface area contributed by atoms with Crippen LogP contribution in [0.4, 0.5) is 17.6 Å². The first kappa shape index (κ1) is 14.5. The summed E-state index contributed by atoms with van der Waals surface area (Å²) in [6.45, 7) is 1.68. The summed E-state index contributed by atoms with van der Waals surface area (Å²) in [5.41, 5.74) is -0.631. The molecule has 0 amide bonds. The first-order valence-electron chi connectivity index (χ1n) is 5.19. The van der Waals surface area contributed by atoms with Crippen molar-refractivity contribution in [1.82, 2.24) is 0 Å². The minimum absolute atomic E-state index is 0.106. The average molecular weight is 264 g/mol. The third-order valence-electron chi connectivity index (χ3n) is 2.97. The van der Waals surface area contributed by atoms with E-state index in [-0.39, 0.29) is 11.9 Å². The molecule has 0 atom stereocenters. The fraction of sp³-hybridized carbons (Fsp3) is 0.417. The van der Waals surface area contributed by atoms with Crippen molar-refractivity contribution in [2.45, 2.75) is 31.4 Å². The summed E-state index contributed by atoms with van der Waals surface area (Å²) in [5, 5.41) is 6.89. The Bertz CT molecular complexity index is 436. The lowest BCUT2D eigenvalue weighted by Crippen LogP contribution is -2.10. The van der Waals surface area contributed by atoms with Gasteiger partial charge in [-0.05, 0) is 36.0 Å². The molecule has 1 N–H and O–H groups in total. The molecule has 1 aromatic rings. The molecule has 0 aromatic heterocycles. The molecule has 1 saturated carbocycles. The van der Waals surface area contributed by atoms with Gasteiger partial charge in [-0.3, -0.25) is 4.79 Å². The second kappa shape index (κ2) is 4.96. The lowest BCUT2D eigenvalue weighted by atomic mass is 9.97. The maximum absolute atomic E-state index is 13.2. The smallest absolute Gasteiger partial charge is 0.419 e. The standard InChI is InChI=1S/C11H10F4.CH2O2/c1-10(4-5-10)7-2-3-8(9(12)6-7)11(13,14)15;2-1-3/h2-3,6H,4-5H2,1H3;1H,(H,2,3). The second-order valence-corrected chi connectivity index (χ2v) is 4.36. The van der Waals surface area contributed by atoms with Crippen LogP contribution in [0.3, 0.4) is 0 Å². The number of benzene rings is 1. The molecule has 0 spiro atoms. The molecule has 1 fully saturated rings. The van der Waals surface area contributed by atoms with E-state index in [0.29, 0.717) is 5.56 Å². The Morgan fingerprint density at radius 2 is 1.83 bits per heavy atom. The van der Waals surface area contributed by atoms with E-state index in [1.54, 1.807) is 0 Å². The predicted octanol–water partition coefficient (Wildman–Crippen LogP) is 3.60. The molecule has 2 nitrogen and oxygen atoms in total. The highest BCUT2D eigenvalue weighted by atomic mass is 19.4. The van der Waals surface area contributed by atoms with Gasteiger partial charge in [0.2, 0.25) is 0 Å². The quantitative estimate of drug-likeness (QED) is 0.621. The number of rotatable bonds is 1. The van der Waals surface area contributed by atoms with E-state index in [4.69, 9.17) is 9.90 Å². The van der Waals surface area contributed by atoms with Crippen LogP contribution in [0.1, 0.15) is 30.9 Å². The summed E-state index contributed by atoms with van der Waals surface area (Å²) in [6, 6.07) is 3.21. The van der Waals surface area contributed by atoms with E-state index < -0.39 is 17.6 Å². The minimum atomic E-state index is -4.60. The molecule has 1 aliphatic rings. The highest BCUT2D eigenvalue weighted by molar-refractivity contribution is 5.34. The Balaban J connectivity index is 0.000000492. The van der Waals surface area contributed by atoms with Crippen molar-refractivity contribution in [3.8, 4) is 0 Å². The largest absolute Gasteiger partial charge is 0.483 e. The van der Waals surface area contributed by atoms with Crippen molar-refractivity contribution in [2.24, 2.45) is 0 Å². The van der Waals surface area contributed by atoms with Gasteiger partial charge in [0.05, 0.1) is 5.56 Å². The van der Waals surface area contributed by atoms with Gasteiger partial charge in [0, 0.05) is 0 Å². The van der Waals surface area contributed by atoms with Gasteiger partial charge in [0.1, 0.15) is 5.82 Å². The van der Waals surface area contributed by atoms with Crippen LogP contribution >= 0.6 is 0 Å². The maximum atomic E-state index is 13.2. The van der Waals surface area contributed by atoms with Gasteiger partial charge in [-0.15, -0.1) is 0 Å². The molecule has 0 unspecified atom stereocenters. The van der Waals surface area contributed by atoms with Crippen LogP contribution in [-0.4, -0.2) is 11.6 Å². The molecule has 6 heteroatoms. The van der Waals surface area contributed by atoms with Crippen LogP contribution in [-0.2, 0) is 16.4 Å². The zero-order valence-corrected chi connectivity index (χ0v) is 9.59. The van der Waals surface area contributed by atoms with Crippen molar-refractivity contribution in [2.75, 3.05) is 0 Å². The molecule has 0 radical (unpaired) electrons. The van der Waals surface area contributed by atoms with E-state index in [9.17, 15) is 17.6 Å². The van der Waals surface area contributed by atoms with Crippen molar-refractivity contribution < 1.29 is 27.5 Å². The molecule has 0 bridgehead atoms. The first-order chi connectivity index (χ1) is 8.24. The number of hydrogen-bond acceptors (Lipinski definition) is 1. The van der Waals surface area contributed by atoms with Crippen molar-refractivity contribution >= 4 is 6.47 Å². The zero-order chi connectivity index (χ0) is 14.0. The van der Waals surface area contributed by atoms with Crippen LogP contribution in [0.2, 0.25) is 0 Å². The highest BCUT2D eigenvalue weighted by Crippen LogP contribution is 2.48. The lowest BCUT2D eigenvalue weighted by Gasteiger charge is -2.12. The van der Waals surface area contributed by atoms with Crippen LogP contribution in [0.15, 0.2) is 18.2 Å². The predicted molar refractivity (Wildman–Crippen MR) is 56.7 cm³/mol. The summed E-state index contributed by atoms with van der Waals surface area (Å²) in [7, 11) is 0. The molecule has 2 rings (SSSR count). The van der Waals surface area contributed by atoms with E-state index in [1.807, 2.05) is 6.92 Å². The Labute approximate surface area is 101 Å². The molecule has 1 aromatic carbocycles. The fourth-order valence-electron chi connectivity index (χ4n) is 1.60. The molecular weight excluding hydrogens is 252 g/mol. The topological polar surface area (TPSA) is 37.3 Å². The van der Waals surface area contributed by atoms with Gasteiger partial charge >= 0.3 is 6.18 Å². The normalized spacial score (nSPS) is 16.5. The number of carbonyl (C=O) groups is 1. The van der Waals surface area contributed by atoms with Gasteiger partial charge in [0.15, 0.2) is 0 Å². The minimum Gasteiger partial charge on any atom is -0.483 e. The van der Waals surface area contributed by atoms with Crippen LogP contribution in [0.25, 0.3) is 0 Å². The van der Waals surface area contributed by atoms with Crippen LogP contribution in [0.5, 0.6) is 0 Å². The summed E-state index contributed by atoms with van der Waals surface area (Å²) < 4.78 is 49.9. The maximum Gasteiger partial charge on any atom is 0.419 e. The van der Waals surface area contributed by atoms with Crippen molar-refractivity contribution in [1.29, 1.82) is 0 Å². The van der Waals surface area contributed by atoms with Gasteiger partial charge < -0.3 is 5.11 Å². The number of halogens is 4. The number of alkyl halides is 3. The molecule has 0 saturated heterocycles. The summed E-state index contributed by atoms with van der Waals surface area (Å²) in [5.74, 6) is -1.17. The third-order valence-corrected chi connectivity index (χ3v) is 2.97. The SMILES string of the molecule is CC1(c2ccc(C(F)(F)F)c(F)c2)CC1.O=CO. The lowest BCUT2D eigenvalue weighted by molar-refractivity contribution is -0.140. The van der Waals surface area contributed by atoms with Gasteiger partial charge in [0.25, 0.3) is 6.47 Å². The Morgan fingerprint density at radius 1 is 1.33 bits per heavy atom. The second-order valence-electron chi connectivity index (χ2n) is 4.36. The fourth-order valence-corrected chi connectivity index (χ4v) is 1.60. The Hall–Kier alpha value is -1.59. The zero-order valence-electron chi connectivity index (χ0n) is 9.59. The van der Waals surface area contributed by atoms with E-state index >= 15 is 0 Å². The van der Waals surface area contributed by atoms with Crippen molar-refractivity contribution in [3.05, 3.63) is 35.1 Å². The van der Waals surface area contributed by atoms with Gasteiger partial charge in [-0.2, -0.15) is 13.2 Å². The van der Waals surface area contributed by atoms with E-state index in [2.05, 4.69) is 0 Å². The monoisotopic (exact) mass is 264 g/mol. The van der Waals surface area contributed by atoms with Crippen molar-refractivity contribution in [3.63, 3.8) is 0 Å².